The van der Waals surface area contributed by atoms with E-state index in [1.807, 2.05) is 32.9 Å². The summed E-state index contributed by atoms with van der Waals surface area (Å²) < 4.78 is 10.4. The van der Waals surface area contributed by atoms with Gasteiger partial charge in [0.15, 0.2) is 0 Å². The number of benzene rings is 2. The Hall–Kier alpha value is -4.32. The van der Waals surface area contributed by atoms with E-state index in [4.69, 9.17) is 9.47 Å². The zero-order valence-corrected chi connectivity index (χ0v) is 21.9. The van der Waals surface area contributed by atoms with E-state index in [1.165, 1.54) is 7.11 Å². The third-order valence-corrected chi connectivity index (χ3v) is 6.87. The lowest BCUT2D eigenvalue weighted by molar-refractivity contribution is -0.0453. The van der Waals surface area contributed by atoms with Crippen molar-refractivity contribution in [2.24, 2.45) is 5.41 Å². The van der Waals surface area contributed by atoms with E-state index in [9.17, 15) is 19.2 Å². The third-order valence-electron chi connectivity index (χ3n) is 6.87. The zero-order valence-electron chi connectivity index (χ0n) is 21.9. The standard InChI is InChI=1S/C29H29N3O6/c1-28(2,3)38-27(36)31-17-29(18-31)15-30(16-29)20-11-12-21(26(35)37-4)19(14-20)8-7-13-32-24(33)22-9-5-6-10-23(22)25(32)34/h5-6,9-12,14H,13,15-18H2,1-4H3. The molecule has 0 bridgehead atoms. The summed E-state index contributed by atoms with van der Waals surface area (Å²) in [6.07, 6.45) is -0.292. The Morgan fingerprint density at radius 3 is 2.18 bits per heavy atom. The monoisotopic (exact) mass is 515 g/mol. The molecule has 38 heavy (non-hydrogen) atoms. The van der Waals surface area contributed by atoms with E-state index in [0.29, 0.717) is 35.3 Å². The van der Waals surface area contributed by atoms with Gasteiger partial charge in [0.25, 0.3) is 11.8 Å². The second-order valence-electron chi connectivity index (χ2n) is 11.0. The maximum absolute atomic E-state index is 12.6. The molecule has 0 N–H and O–H groups in total. The number of imide groups is 1. The number of hydrogen-bond donors (Lipinski definition) is 0. The lowest BCUT2D eigenvalue weighted by Gasteiger charge is -2.60. The van der Waals surface area contributed by atoms with E-state index >= 15 is 0 Å². The number of esters is 1. The van der Waals surface area contributed by atoms with Crippen LogP contribution in [0.2, 0.25) is 0 Å². The molecule has 0 aliphatic carbocycles. The molecule has 2 saturated heterocycles. The quantitative estimate of drug-likeness (QED) is 0.352. The molecule has 0 aromatic heterocycles. The van der Waals surface area contributed by atoms with Crippen molar-refractivity contribution in [3.05, 3.63) is 64.7 Å². The lowest BCUT2D eigenvalue weighted by atomic mass is 9.72. The number of nitrogens with zero attached hydrogens (tertiary/aromatic N) is 3. The number of amides is 3. The molecule has 196 valence electrons. The van der Waals surface area contributed by atoms with Crippen LogP contribution in [0.5, 0.6) is 0 Å². The minimum Gasteiger partial charge on any atom is -0.465 e. The summed E-state index contributed by atoms with van der Waals surface area (Å²) in [5, 5.41) is 0. The van der Waals surface area contributed by atoms with Gasteiger partial charge in [0.1, 0.15) is 5.60 Å². The maximum atomic E-state index is 12.6. The zero-order chi connectivity index (χ0) is 27.2. The fourth-order valence-corrected chi connectivity index (χ4v) is 5.08. The first-order chi connectivity index (χ1) is 18.0. The summed E-state index contributed by atoms with van der Waals surface area (Å²) in [5.41, 5.74) is 1.90. The number of carbonyl (C=O) groups is 4. The highest BCUT2D eigenvalue weighted by Gasteiger charge is 2.54. The molecular formula is C29H29N3O6. The SMILES string of the molecule is COC(=O)c1ccc(N2CC3(CN(C(=O)OC(C)(C)C)C3)C2)cc1C#CCN1C(=O)c2ccccc2C1=O. The summed E-state index contributed by atoms with van der Waals surface area (Å²) in [6, 6.07) is 12.0. The minimum atomic E-state index is -0.524. The van der Waals surface area contributed by atoms with Gasteiger partial charge in [-0.2, -0.15) is 0 Å². The Morgan fingerprint density at radius 1 is 0.974 bits per heavy atom. The second-order valence-corrected chi connectivity index (χ2v) is 11.0. The highest BCUT2D eigenvalue weighted by atomic mass is 16.6. The van der Waals surface area contributed by atoms with E-state index in [2.05, 4.69) is 16.7 Å². The molecule has 2 fully saturated rings. The second kappa shape index (κ2) is 9.21. The average Bonchev–Trinajstić information content (AvgIpc) is 3.06. The number of hydrogen-bond acceptors (Lipinski definition) is 7. The van der Waals surface area contributed by atoms with Gasteiger partial charge in [-0.1, -0.05) is 24.0 Å². The van der Waals surface area contributed by atoms with Gasteiger partial charge in [-0.15, -0.1) is 0 Å². The number of ether oxygens (including phenoxy) is 2. The Balaban J connectivity index is 1.27. The van der Waals surface area contributed by atoms with Crippen LogP contribution in [0, 0.1) is 17.3 Å². The largest absolute Gasteiger partial charge is 0.465 e. The summed E-state index contributed by atoms with van der Waals surface area (Å²) in [6.45, 7) is 8.29. The van der Waals surface area contributed by atoms with Crippen LogP contribution >= 0.6 is 0 Å². The van der Waals surface area contributed by atoms with Crippen molar-refractivity contribution < 1.29 is 28.7 Å². The van der Waals surface area contributed by atoms with E-state index in [1.54, 1.807) is 35.2 Å². The Labute approximate surface area is 221 Å². The molecule has 0 atom stereocenters. The van der Waals surface area contributed by atoms with Crippen LogP contribution in [-0.2, 0) is 9.47 Å². The fraction of sp³-hybridized carbons (Fsp3) is 0.379. The molecule has 3 heterocycles. The highest BCUT2D eigenvalue weighted by molar-refractivity contribution is 6.21. The van der Waals surface area contributed by atoms with Crippen molar-refractivity contribution in [3.63, 3.8) is 0 Å². The van der Waals surface area contributed by atoms with Crippen LogP contribution in [0.15, 0.2) is 42.5 Å². The summed E-state index contributed by atoms with van der Waals surface area (Å²) in [7, 11) is 1.30. The molecule has 0 saturated carbocycles. The number of fused-ring (bicyclic) bond motifs is 1. The molecule has 0 unspecified atom stereocenters. The maximum Gasteiger partial charge on any atom is 0.410 e. The van der Waals surface area contributed by atoms with Gasteiger partial charge in [-0.05, 0) is 51.1 Å². The topological polar surface area (TPSA) is 96.5 Å². The molecule has 2 aromatic rings. The number of rotatable bonds is 3. The Morgan fingerprint density at radius 2 is 1.61 bits per heavy atom. The predicted molar refractivity (Wildman–Crippen MR) is 139 cm³/mol. The third kappa shape index (κ3) is 4.58. The van der Waals surface area contributed by atoms with Gasteiger partial charge in [0.2, 0.25) is 0 Å². The van der Waals surface area contributed by atoms with Crippen molar-refractivity contribution in [1.29, 1.82) is 0 Å². The van der Waals surface area contributed by atoms with Gasteiger partial charge in [-0.25, -0.2) is 9.59 Å². The first kappa shape index (κ1) is 25.3. The predicted octanol–water partition coefficient (Wildman–Crippen LogP) is 3.18. The first-order valence-corrected chi connectivity index (χ1v) is 12.4. The fourth-order valence-electron chi connectivity index (χ4n) is 5.08. The summed E-state index contributed by atoms with van der Waals surface area (Å²) in [4.78, 5) is 54.9. The van der Waals surface area contributed by atoms with Crippen molar-refractivity contribution in [2.75, 3.05) is 44.7 Å². The normalized spacial score (nSPS) is 17.3. The van der Waals surface area contributed by atoms with E-state index in [0.717, 1.165) is 23.7 Å². The van der Waals surface area contributed by atoms with Gasteiger partial charge in [0.05, 0.1) is 30.3 Å². The molecule has 3 amide bonds. The number of carbonyl (C=O) groups excluding carboxylic acids is 4. The van der Waals surface area contributed by atoms with Gasteiger partial charge in [-0.3, -0.25) is 14.5 Å². The van der Waals surface area contributed by atoms with Crippen molar-refractivity contribution >= 4 is 29.6 Å². The molecule has 5 rings (SSSR count). The van der Waals surface area contributed by atoms with Crippen LogP contribution in [-0.4, -0.2) is 79.1 Å². The minimum absolute atomic E-state index is 0.0370. The molecule has 0 radical (unpaired) electrons. The molecular weight excluding hydrogens is 486 g/mol. The summed E-state index contributed by atoms with van der Waals surface area (Å²) >= 11 is 0. The lowest BCUT2D eigenvalue weighted by Crippen LogP contribution is -2.73. The van der Waals surface area contributed by atoms with E-state index in [-0.39, 0.29) is 29.9 Å². The van der Waals surface area contributed by atoms with Crippen molar-refractivity contribution in [2.45, 2.75) is 26.4 Å². The molecule has 9 heteroatoms. The van der Waals surface area contributed by atoms with Gasteiger partial charge in [0, 0.05) is 42.8 Å². The van der Waals surface area contributed by atoms with Crippen LogP contribution in [0.3, 0.4) is 0 Å². The van der Waals surface area contributed by atoms with Crippen LogP contribution in [0.1, 0.15) is 57.4 Å². The average molecular weight is 516 g/mol. The van der Waals surface area contributed by atoms with Crippen LogP contribution in [0.4, 0.5) is 10.5 Å². The smallest absolute Gasteiger partial charge is 0.410 e. The summed E-state index contributed by atoms with van der Waals surface area (Å²) in [5.74, 6) is 4.57. The van der Waals surface area contributed by atoms with Gasteiger partial charge < -0.3 is 19.3 Å². The number of likely N-dealkylation sites (tertiary alicyclic amines) is 1. The molecule has 3 aliphatic rings. The van der Waals surface area contributed by atoms with Gasteiger partial charge >= 0.3 is 12.1 Å². The molecule has 9 nitrogen and oxygen atoms in total. The number of anilines is 1. The number of methoxy groups -OCH3 is 1. The Bertz CT molecular complexity index is 1360. The van der Waals surface area contributed by atoms with Crippen LogP contribution in [0.25, 0.3) is 0 Å². The Kier molecular flexibility index (Phi) is 6.14. The van der Waals surface area contributed by atoms with Crippen molar-refractivity contribution in [3.8, 4) is 11.8 Å². The highest BCUT2D eigenvalue weighted by Crippen LogP contribution is 2.42. The van der Waals surface area contributed by atoms with E-state index < -0.39 is 11.6 Å². The van der Waals surface area contributed by atoms with Crippen LogP contribution < -0.4 is 4.90 Å². The van der Waals surface area contributed by atoms with Crippen molar-refractivity contribution in [1.82, 2.24) is 9.80 Å². The molecule has 3 aliphatic heterocycles. The molecule has 2 aromatic carbocycles. The molecule has 1 spiro atoms. The first-order valence-electron chi connectivity index (χ1n) is 12.4.